The number of nitrogens with one attached hydrogen (secondary N) is 1. The van der Waals surface area contributed by atoms with Crippen LogP contribution in [-0.4, -0.2) is 30.6 Å². The minimum absolute atomic E-state index is 0.0158. The molecule has 158 valence electrons. The first kappa shape index (κ1) is 19.7. The fraction of sp³-hybridized carbons (Fsp3) is 0.318. The topological polar surface area (TPSA) is 98.2 Å². The van der Waals surface area contributed by atoms with Crippen molar-refractivity contribution >= 4 is 23.2 Å². The summed E-state index contributed by atoms with van der Waals surface area (Å²) < 4.78 is 7.06. The Balaban J connectivity index is 1.36. The highest BCUT2D eigenvalue weighted by Gasteiger charge is 2.42. The lowest BCUT2D eigenvalue weighted by Gasteiger charge is -2.28. The van der Waals surface area contributed by atoms with Gasteiger partial charge in [-0.05, 0) is 49.6 Å². The lowest BCUT2D eigenvalue weighted by atomic mass is 9.78. The summed E-state index contributed by atoms with van der Waals surface area (Å²) >= 11 is 6.05. The number of aromatic nitrogens is 5. The fourth-order valence-corrected chi connectivity index (χ4v) is 4.46. The molecule has 4 aromatic rings. The molecule has 8 nitrogen and oxygen atoms in total. The highest BCUT2D eigenvalue weighted by Crippen LogP contribution is 2.41. The van der Waals surface area contributed by atoms with E-state index in [1.54, 1.807) is 6.92 Å². The number of pyridine rings is 1. The molecule has 31 heavy (non-hydrogen) atoms. The molecule has 0 saturated heterocycles. The third kappa shape index (κ3) is 3.57. The van der Waals surface area contributed by atoms with Crippen LogP contribution in [0.15, 0.2) is 47.1 Å². The first-order chi connectivity index (χ1) is 15.0. The monoisotopic (exact) mass is 436 g/mol. The molecule has 5 rings (SSSR count). The van der Waals surface area contributed by atoms with Gasteiger partial charge in [-0.3, -0.25) is 9.20 Å². The number of hydrogen-bond acceptors (Lipinski definition) is 6. The average Bonchev–Trinajstić information content (AvgIpc) is 3.52. The Bertz CT molecular complexity index is 1240. The lowest BCUT2D eigenvalue weighted by molar-refractivity contribution is -0.126. The van der Waals surface area contributed by atoms with E-state index in [4.69, 9.17) is 16.1 Å². The minimum atomic E-state index is -0.520. The van der Waals surface area contributed by atoms with Crippen molar-refractivity contribution in [3.05, 3.63) is 64.8 Å². The second-order valence-corrected chi connectivity index (χ2v) is 8.32. The average molecular weight is 437 g/mol. The van der Waals surface area contributed by atoms with Gasteiger partial charge < -0.3 is 9.84 Å². The van der Waals surface area contributed by atoms with Gasteiger partial charge in [-0.25, -0.2) is 0 Å². The number of hydrogen-bond donors (Lipinski definition) is 1. The standard InChI is InChI=1S/C22H21ClN6O2/c1-14-25-20(31-28-14)15-8-11-29-18(12-15)26-27-19(29)13-24-21(30)22(9-2-3-10-22)16-4-6-17(23)7-5-16/h4-8,11-12H,2-3,9-10,13H2,1H3,(H,24,30). The summed E-state index contributed by atoms with van der Waals surface area (Å²) in [7, 11) is 0. The van der Waals surface area contributed by atoms with Crippen molar-refractivity contribution in [3.63, 3.8) is 0 Å². The maximum Gasteiger partial charge on any atom is 0.258 e. The first-order valence-corrected chi connectivity index (χ1v) is 10.6. The van der Waals surface area contributed by atoms with Crippen LogP contribution in [0, 0.1) is 6.92 Å². The molecule has 1 fully saturated rings. The number of aryl methyl sites for hydroxylation is 1. The maximum atomic E-state index is 13.3. The molecule has 1 aliphatic rings. The van der Waals surface area contributed by atoms with E-state index >= 15 is 0 Å². The summed E-state index contributed by atoms with van der Waals surface area (Å²) in [5.74, 6) is 1.67. The number of benzene rings is 1. The van der Waals surface area contributed by atoms with Crippen molar-refractivity contribution in [2.75, 3.05) is 0 Å². The Hall–Kier alpha value is -3.26. The highest BCUT2D eigenvalue weighted by molar-refractivity contribution is 6.30. The molecular formula is C22H21ClN6O2. The van der Waals surface area contributed by atoms with Crippen LogP contribution >= 0.6 is 11.6 Å². The Labute approximate surface area is 183 Å². The highest BCUT2D eigenvalue weighted by atomic mass is 35.5. The Morgan fingerprint density at radius 2 is 1.97 bits per heavy atom. The smallest absolute Gasteiger partial charge is 0.258 e. The van der Waals surface area contributed by atoms with Gasteiger partial charge in [0, 0.05) is 16.8 Å². The number of halogens is 1. The molecular weight excluding hydrogens is 416 g/mol. The van der Waals surface area contributed by atoms with E-state index < -0.39 is 5.41 Å². The molecule has 0 unspecified atom stereocenters. The molecule has 0 atom stereocenters. The molecule has 3 heterocycles. The van der Waals surface area contributed by atoms with Crippen LogP contribution in [-0.2, 0) is 16.8 Å². The van der Waals surface area contributed by atoms with Crippen molar-refractivity contribution < 1.29 is 9.32 Å². The normalized spacial score (nSPS) is 15.4. The molecule has 0 spiro atoms. The zero-order valence-electron chi connectivity index (χ0n) is 17.0. The number of nitrogens with zero attached hydrogens (tertiary/aromatic N) is 5. The number of carbonyl (C=O) groups is 1. The van der Waals surface area contributed by atoms with Crippen LogP contribution in [0.2, 0.25) is 5.02 Å². The van der Waals surface area contributed by atoms with E-state index in [0.29, 0.717) is 28.2 Å². The van der Waals surface area contributed by atoms with Crippen LogP contribution < -0.4 is 5.32 Å². The van der Waals surface area contributed by atoms with E-state index in [9.17, 15) is 4.79 Å². The SMILES string of the molecule is Cc1noc(-c2ccn3c(CNC(=O)C4(c5ccc(Cl)cc5)CCCC4)nnc3c2)n1. The number of rotatable bonds is 5. The molecule has 0 bridgehead atoms. The van der Waals surface area contributed by atoms with Crippen LogP contribution in [0.25, 0.3) is 17.1 Å². The van der Waals surface area contributed by atoms with Crippen LogP contribution in [0.3, 0.4) is 0 Å². The molecule has 1 N–H and O–H groups in total. The van der Waals surface area contributed by atoms with Gasteiger partial charge in [0.1, 0.15) is 0 Å². The van der Waals surface area contributed by atoms with Crippen LogP contribution in [0.5, 0.6) is 0 Å². The predicted molar refractivity (Wildman–Crippen MR) is 114 cm³/mol. The summed E-state index contributed by atoms with van der Waals surface area (Å²) in [4.78, 5) is 17.5. The molecule has 1 saturated carbocycles. The Morgan fingerprint density at radius 1 is 1.19 bits per heavy atom. The number of carbonyl (C=O) groups excluding carboxylic acids is 1. The molecule has 1 amide bonds. The van der Waals surface area contributed by atoms with Crippen molar-refractivity contribution in [1.82, 2.24) is 30.1 Å². The second kappa shape index (κ2) is 7.77. The molecule has 9 heteroatoms. The van der Waals surface area contributed by atoms with Gasteiger partial charge >= 0.3 is 0 Å². The Kier molecular flexibility index (Phi) is 4.94. The van der Waals surface area contributed by atoms with Gasteiger partial charge in [-0.15, -0.1) is 10.2 Å². The molecule has 1 aliphatic carbocycles. The zero-order valence-corrected chi connectivity index (χ0v) is 17.8. The van der Waals surface area contributed by atoms with E-state index in [0.717, 1.165) is 36.8 Å². The zero-order chi connectivity index (χ0) is 21.4. The van der Waals surface area contributed by atoms with Gasteiger partial charge in [0.15, 0.2) is 17.3 Å². The number of amides is 1. The van der Waals surface area contributed by atoms with E-state index in [1.165, 1.54) is 0 Å². The van der Waals surface area contributed by atoms with Crippen molar-refractivity contribution in [2.24, 2.45) is 0 Å². The van der Waals surface area contributed by atoms with Crippen LogP contribution in [0.1, 0.15) is 42.9 Å². The maximum absolute atomic E-state index is 13.3. The lowest BCUT2D eigenvalue weighted by Crippen LogP contribution is -2.42. The third-order valence-corrected chi connectivity index (χ3v) is 6.20. The third-order valence-electron chi connectivity index (χ3n) is 5.95. The van der Waals surface area contributed by atoms with Gasteiger partial charge in [0.25, 0.3) is 5.89 Å². The molecule has 3 aromatic heterocycles. The second-order valence-electron chi connectivity index (χ2n) is 7.89. The summed E-state index contributed by atoms with van der Waals surface area (Å²) in [6, 6.07) is 11.3. The van der Waals surface area contributed by atoms with Gasteiger partial charge in [0.05, 0.1) is 12.0 Å². The molecule has 0 aliphatic heterocycles. The van der Waals surface area contributed by atoms with Crippen molar-refractivity contribution in [3.8, 4) is 11.5 Å². The van der Waals surface area contributed by atoms with E-state index in [2.05, 4.69) is 25.7 Å². The van der Waals surface area contributed by atoms with Gasteiger partial charge in [0.2, 0.25) is 5.91 Å². The number of fused-ring (bicyclic) bond motifs is 1. The van der Waals surface area contributed by atoms with E-state index in [-0.39, 0.29) is 12.5 Å². The summed E-state index contributed by atoms with van der Waals surface area (Å²) in [5, 5.41) is 16.1. The van der Waals surface area contributed by atoms with Crippen molar-refractivity contribution in [2.45, 2.75) is 44.6 Å². The largest absolute Gasteiger partial charge is 0.348 e. The summed E-state index contributed by atoms with van der Waals surface area (Å²) in [6.45, 7) is 2.05. The summed E-state index contributed by atoms with van der Waals surface area (Å²) in [5.41, 5.74) is 1.90. The Morgan fingerprint density at radius 3 is 2.68 bits per heavy atom. The molecule has 0 radical (unpaired) electrons. The first-order valence-electron chi connectivity index (χ1n) is 10.2. The van der Waals surface area contributed by atoms with Crippen LogP contribution in [0.4, 0.5) is 0 Å². The van der Waals surface area contributed by atoms with Crippen molar-refractivity contribution in [1.29, 1.82) is 0 Å². The minimum Gasteiger partial charge on any atom is -0.348 e. The van der Waals surface area contributed by atoms with Gasteiger partial charge in [-0.1, -0.05) is 41.7 Å². The van der Waals surface area contributed by atoms with Gasteiger partial charge in [-0.2, -0.15) is 4.98 Å². The summed E-state index contributed by atoms with van der Waals surface area (Å²) in [6.07, 6.45) is 5.56. The fourth-order valence-electron chi connectivity index (χ4n) is 4.33. The van der Waals surface area contributed by atoms with E-state index in [1.807, 2.05) is 47.0 Å². The quantitative estimate of drug-likeness (QED) is 0.510. The predicted octanol–water partition coefficient (Wildman–Crippen LogP) is 3.87. The molecule has 1 aromatic carbocycles.